The van der Waals surface area contributed by atoms with Gasteiger partial charge in [-0.1, -0.05) is 6.07 Å². The lowest BCUT2D eigenvalue weighted by molar-refractivity contribution is -0.122. The Balaban J connectivity index is 2.16. The van der Waals surface area contributed by atoms with Gasteiger partial charge in [0.25, 0.3) is 0 Å². The number of aliphatic hydroxyl groups is 1. The predicted octanol–water partition coefficient (Wildman–Crippen LogP) is 0.737. The molecular weight excluding hydrogens is 332 g/mol. The smallest absolute Gasteiger partial charge is 0.243 e. The first-order valence-corrected chi connectivity index (χ1v) is 9.32. The van der Waals surface area contributed by atoms with E-state index in [1.165, 1.54) is 30.6 Å². The number of rotatable bonds is 6. The maximum atomic E-state index is 12.8. The van der Waals surface area contributed by atoms with Crippen molar-refractivity contribution in [3.63, 3.8) is 0 Å². The van der Waals surface area contributed by atoms with Gasteiger partial charge in [0.05, 0.1) is 17.6 Å². The van der Waals surface area contributed by atoms with E-state index in [0.717, 1.165) is 0 Å². The fourth-order valence-corrected chi connectivity index (χ4v) is 4.46. The Morgan fingerprint density at radius 2 is 2.21 bits per heavy atom. The first-order valence-electron chi connectivity index (χ1n) is 7.88. The number of carbonyl (C=O) groups excluding carboxylic acids is 1. The van der Waals surface area contributed by atoms with Gasteiger partial charge in [0.1, 0.15) is 5.75 Å². The summed E-state index contributed by atoms with van der Waals surface area (Å²) in [5, 5.41) is 13.2. The second-order valence-corrected chi connectivity index (χ2v) is 7.96. The van der Waals surface area contributed by atoms with E-state index in [0.29, 0.717) is 25.1 Å². The molecule has 1 aliphatic heterocycles. The molecule has 0 saturated carbocycles. The fraction of sp³-hybridized carbons (Fsp3) is 0.562. The molecular formula is C16H24N2O5S. The molecule has 1 fully saturated rings. The summed E-state index contributed by atoms with van der Waals surface area (Å²) < 4.78 is 32.0. The lowest BCUT2D eigenvalue weighted by Gasteiger charge is -2.38. The Labute approximate surface area is 142 Å². The van der Waals surface area contributed by atoms with E-state index in [2.05, 4.69) is 5.32 Å². The lowest BCUT2D eigenvalue weighted by Crippen LogP contribution is -2.50. The maximum Gasteiger partial charge on any atom is 0.243 e. The molecule has 134 valence electrons. The van der Waals surface area contributed by atoms with Crippen LogP contribution >= 0.6 is 0 Å². The van der Waals surface area contributed by atoms with E-state index in [4.69, 9.17) is 4.74 Å². The predicted molar refractivity (Wildman–Crippen MR) is 89.2 cm³/mol. The van der Waals surface area contributed by atoms with Crippen LogP contribution < -0.4 is 10.1 Å². The molecule has 0 unspecified atom stereocenters. The van der Waals surface area contributed by atoms with Gasteiger partial charge in [-0.05, 0) is 31.4 Å². The Kier molecular flexibility index (Phi) is 5.84. The summed E-state index contributed by atoms with van der Waals surface area (Å²) in [4.78, 5) is 11.5. The minimum absolute atomic E-state index is 0.0104. The van der Waals surface area contributed by atoms with E-state index in [9.17, 15) is 18.3 Å². The molecule has 1 heterocycles. The second kappa shape index (κ2) is 7.50. The molecule has 1 saturated heterocycles. The van der Waals surface area contributed by atoms with Gasteiger partial charge < -0.3 is 15.2 Å². The van der Waals surface area contributed by atoms with E-state index >= 15 is 0 Å². The number of nitrogens with zero attached hydrogens (tertiary/aromatic N) is 1. The third kappa shape index (κ3) is 4.25. The standard InChI is InChI=1S/C16H24N2O5S/c1-17-15(19)7-9-16(20)8-4-10-18(12-16)24(21,22)14-6-3-5-13(11-14)23-2/h3,5-6,11,20H,4,7-10,12H2,1-2H3,(H,17,19)/t16-/m1/s1. The summed E-state index contributed by atoms with van der Waals surface area (Å²) in [7, 11) is -0.706. The SMILES string of the molecule is CNC(=O)CC[C@]1(O)CCCN(S(=O)(=O)c2cccc(OC)c2)C1. The molecule has 1 aliphatic rings. The van der Waals surface area contributed by atoms with Crippen LogP contribution in [0.1, 0.15) is 25.7 Å². The number of piperidine rings is 1. The number of ether oxygens (including phenoxy) is 1. The quantitative estimate of drug-likeness (QED) is 0.784. The molecule has 0 spiro atoms. The summed E-state index contributed by atoms with van der Waals surface area (Å²) in [5.74, 6) is 0.291. The molecule has 2 N–H and O–H groups in total. The average Bonchev–Trinajstić information content (AvgIpc) is 2.59. The van der Waals surface area contributed by atoms with Crippen LogP contribution in [0, 0.1) is 0 Å². The zero-order valence-electron chi connectivity index (χ0n) is 14.0. The van der Waals surface area contributed by atoms with Crippen LogP contribution in [-0.4, -0.2) is 56.6 Å². The highest BCUT2D eigenvalue weighted by Gasteiger charge is 2.38. The van der Waals surface area contributed by atoms with Crippen LogP contribution in [0.15, 0.2) is 29.2 Å². The minimum atomic E-state index is -3.72. The van der Waals surface area contributed by atoms with E-state index < -0.39 is 15.6 Å². The van der Waals surface area contributed by atoms with Crippen molar-refractivity contribution in [2.24, 2.45) is 0 Å². The number of benzene rings is 1. The first-order chi connectivity index (χ1) is 11.3. The van der Waals surface area contributed by atoms with E-state index in [1.807, 2.05) is 0 Å². The molecule has 1 atom stereocenters. The molecule has 0 aliphatic carbocycles. The third-order valence-corrected chi connectivity index (χ3v) is 6.14. The zero-order chi connectivity index (χ0) is 17.8. The van der Waals surface area contributed by atoms with E-state index in [1.54, 1.807) is 12.1 Å². The zero-order valence-corrected chi connectivity index (χ0v) is 14.8. The highest BCUT2D eigenvalue weighted by atomic mass is 32.2. The molecule has 1 aromatic carbocycles. The van der Waals surface area contributed by atoms with E-state index in [-0.39, 0.29) is 30.2 Å². The highest BCUT2D eigenvalue weighted by Crippen LogP contribution is 2.30. The van der Waals surface area contributed by atoms with Crippen molar-refractivity contribution in [3.8, 4) is 5.75 Å². The lowest BCUT2D eigenvalue weighted by atomic mass is 9.89. The van der Waals surface area contributed by atoms with Gasteiger partial charge in [-0.15, -0.1) is 0 Å². The number of amides is 1. The molecule has 8 heteroatoms. The van der Waals surface area contributed by atoms with Crippen molar-refractivity contribution in [1.82, 2.24) is 9.62 Å². The number of methoxy groups -OCH3 is 1. The molecule has 0 bridgehead atoms. The molecule has 2 rings (SSSR count). The van der Waals surface area contributed by atoms with Crippen LogP contribution in [0.3, 0.4) is 0 Å². The molecule has 7 nitrogen and oxygen atoms in total. The minimum Gasteiger partial charge on any atom is -0.497 e. The summed E-state index contributed by atoms with van der Waals surface area (Å²) in [5.41, 5.74) is -1.18. The average molecular weight is 356 g/mol. The van der Waals surface area contributed by atoms with Crippen molar-refractivity contribution in [2.45, 2.75) is 36.2 Å². The Morgan fingerprint density at radius 1 is 1.46 bits per heavy atom. The van der Waals surface area contributed by atoms with Gasteiger partial charge in [0.2, 0.25) is 15.9 Å². The Hall–Kier alpha value is -1.64. The molecule has 24 heavy (non-hydrogen) atoms. The monoisotopic (exact) mass is 356 g/mol. The van der Waals surface area contributed by atoms with Crippen molar-refractivity contribution >= 4 is 15.9 Å². The number of β-amino-alcohol motifs (C(OH)–C–C–N with tert-alkyl or cyclic N) is 1. The van der Waals surface area contributed by atoms with Gasteiger partial charge in [-0.2, -0.15) is 4.31 Å². The van der Waals surface area contributed by atoms with Crippen molar-refractivity contribution in [2.75, 3.05) is 27.2 Å². The summed E-state index contributed by atoms with van der Waals surface area (Å²) >= 11 is 0. The van der Waals surface area contributed by atoms with Crippen LogP contribution in [-0.2, 0) is 14.8 Å². The number of carbonyl (C=O) groups is 1. The van der Waals surface area contributed by atoms with Gasteiger partial charge >= 0.3 is 0 Å². The third-order valence-electron chi connectivity index (χ3n) is 4.30. The van der Waals surface area contributed by atoms with Gasteiger partial charge in [0, 0.05) is 32.6 Å². The molecule has 1 aromatic rings. The van der Waals surface area contributed by atoms with Crippen LogP contribution in [0.2, 0.25) is 0 Å². The van der Waals surface area contributed by atoms with Crippen molar-refractivity contribution < 1.29 is 23.1 Å². The van der Waals surface area contributed by atoms with Gasteiger partial charge in [0.15, 0.2) is 0 Å². The maximum absolute atomic E-state index is 12.8. The van der Waals surface area contributed by atoms with Crippen LogP contribution in [0.5, 0.6) is 5.75 Å². The van der Waals surface area contributed by atoms with Crippen molar-refractivity contribution in [3.05, 3.63) is 24.3 Å². The fourth-order valence-electron chi connectivity index (χ4n) is 2.86. The topological polar surface area (TPSA) is 95.9 Å². The summed E-state index contributed by atoms with van der Waals surface area (Å²) in [6.07, 6.45) is 1.43. The van der Waals surface area contributed by atoms with Gasteiger partial charge in [-0.3, -0.25) is 4.79 Å². The number of hydrogen-bond acceptors (Lipinski definition) is 5. The summed E-state index contributed by atoms with van der Waals surface area (Å²) in [6.45, 7) is 0.339. The van der Waals surface area contributed by atoms with Gasteiger partial charge in [-0.25, -0.2) is 8.42 Å². The number of hydrogen-bond donors (Lipinski definition) is 2. The highest BCUT2D eigenvalue weighted by molar-refractivity contribution is 7.89. The largest absolute Gasteiger partial charge is 0.497 e. The number of nitrogens with one attached hydrogen (secondary N) is 1. The normalized spacial score (nSPS) is 22.1. The Bertz CT molecular complexity index is 691. The Morgan fingerprint density at radius 3 is 2.88 bits per heavy atom. The molecule has 1 amide bonds. The number of sulfonamides is 1. The van der Waals surface area contributed by atoms with Crippen molar-refractivity contribution in [1.29, 1.82) is 0 Å². The second-order valence-electron chi connectivity index (χ2n) is 6.02. The van der Waals surface area contributed by atoms with Crippen LogP contribution in [0.25, 0.3) is 0 Å². The first kappa shape index (κ1) is 18.7. The molecule has 0 radical (unpaired) electrons. The molecule has 0 aromatic heterocycles. The van der Waals surface area contributed by atoms with Crippen LogP contribution in [0.4, 0.5) is 0 Å². The summed E-state index contributed by atoms with van der Waals surface area (Å²) in [6, 6.07) is 6.27.